The lowest BCUT2D eigenvalue weighted by Crippen LogP contribution is -2.09. The molecule has 2 rings (SSSR count). The Morgan fingerprint density at radius 1 is 1.26 bits per heavy atom. The van der Waals surface area contributed by atoms with Crippen molar-refractivity contribution < 1.29 is 22.0 Å². The number of fused-ring (bicyclic) bond motifs is 1. The van der Waals surface area contributed by atoms with Crippen LogP contribution in [0.4, 0.5) is 22.0 Å². The summed E-state index contributed by atoms with van der Waals surface area (Å²) >= 11 is 5.57. The quantitative estimate of drug-likeness (QED) is 0.617. The third-order valence-electron chi connectivity index (χ3n) is 2.59. The number of benzene rings is 1. The molecule has 0 spiro atoms. The standard InChI is InChI=1S/C11H8ClF5N2/c12-4-10-18-7-3-6(11(15,16)17)1-2-8(7)19(10)5-9(13)14/h1-3,9H,4-5H2. The van der Waals surface area contributed by atoms with Gasteiger partial charge in [-0.2, -0.15) is 13.2 Å². The Morgan fingerprint density at radius 2 is 1.95 bits per heavy atom. The zero-order valence-electron chi connectivity index (χ0n) is 9.39. The Kier molecular flexibility index (Phi) is 3.66. The van der Waals surface area contributed by atoms with Crippen LogP contribution in [0.1, 0.15) is 11.4 Å². The van der Waals surface area contributed by atoms with Crippen LogP contribution in [0.15, 0.2) is 18.2 Å². The SMILES string of the molecule is FC(F)Cn1c(CCl)nc2cc(C(F)(F)F)ccc21. The molecule has 1 aromatic carbocycles. The Hall–Kier alpha value is -1.37. The van der Waals surface area contributed by atoms with Crippen molar-refractivity contribution in [3.8, 4) is 0 Å². The lowest BCUT2D eigenvalue weighted by atomic mass is 10.2. The fraction of sp³-hybridized carbons (Fsp3) is 0.364. The van der Waals surface area contributed by atoms with E-state index in [1.54, 1.807) is 0 Å². The van der Waals surface area contributed by atoms with Crippen molar-refractivity contribution in [2.75, 3.05) is 0 Å². The minimum atomic E-state index is -4.50. The smallest absolute Gasteiger partial charge is 0.321 e. The molecule has 0 aliphatic rings. The van der Waals surface area contributed by atoms with Crippen LogP contribution in [-0.4, -0.2) is 16.0 Å². The van der Waals surface area contributed by atoms with Gasteiger partial charge in [0.1, 0.15) is 5.82 Å². The number of alkyl halides is 6. The first-order valence-corrected chi connectivity index (χ1v) is 5.77. The second-order valence-electron chi connectivity index (χ2n) is 3.86. The van der Waals surface area contributed by atoms with Gasteiger partial charge in [0.25, 0.3) is 6.43 Å². The summed E-state index contributed by atoms with van der Waals surface area (Å²) in [5.74, 6) is -0.0285. The summed E-state index contributed by atoms with van der Waals surface area (Å²) in [6, 6.07) is 2.79. The van der Waals surface area contributed by atoms with Crippen LogP contribution in [0.2, 0.25) is 0 Å². The highest BCUT2D eigenvalue weighted by Crippen LogP contribution is 2.31. The van der Waals surface area contributed by atoms with Gasteiger partial charge in [-0.1, -0.05) is 0 Å². The number of halogens is 6. The highest BCUT2D eigenvalue weighted by molar-refractivity contribution is 6.16. The van der Waals surface area contributed by atoms with E-state index in [1.165, 1.54) is 0 Å². The van der Waals surface area contributed by atoms with Gasteiger partial charge in [0.15, 0.2) is 0 Å². The fourth-order valence-electron chi connectivity index (χ4n) is 1.80. The van der Waals surface area contributed by atoms with Crippen LogP contribution in [0, 0.1) is 0 Å². The molecule has 0 amide bonds. The highest BCUT2D eigenvalue weighted by Gasteiger charge is 2.31. The summed E-state index contributed by atoms with van der Waals surface area (Å²) in [6.07, 6.45) is -7.14. The summed E-state index contributed by atoms with van der Waals surface area (Å²) in [5.41, 5.74) is -0.655. The van der Waals surface area contributed by atoms with Crippen molar-refractivity contribution >= 4 is 22.6 Å². The summed E-state index contributed by atoms with van der Waals surface area (Å²) in [5, 5.41) is 0. The van der Waals surface area contributed by atoms with Gasteiger partial charge in [0.05, 0.1) is 29.0 Å². The molecule has 104 valence electrons. The van der Waals surface area contributed by atoms with E-state index in [0.717, 1.165) is 22.8 Å². The van der Waals surface area contributed by atoms with Crippen LogP contribution < -0.4 is 0 Å². The predicted octanol–water partition coefficient (Wildman–Crippen LogP) is 4.06. The first-order chi connectivity index (χ1) is 8.82. The van der Waals surface area contributed by atoms with Gasteiger partial charge in [-0.05, 0) is 18.2 Å². The molecule has 0 saturated heterocycles. The maximum absolute atomic E-state index is 12.5. The molecule has 0 radical (unpaired) electrons. The molecule has 1 aromatic heterocycles. The van der Waals surface area contributed by atoms with E-state index in [9.17, 15) is 22.0 Å². The molecule has 0 aliphatic heterocycles. The number of rotatable bonds is 3. The lowest BCUT2D eigenvalue weighted by molar-refractivity contribution is -0.137. The number of hydrogen-bond donors (Lipinski definition) is 0. The van der Waals surface area contributed by atoms with E-state index in [0.29, 0.717) is 0 Å². The Bertz CT molecular complexity index is 591. The van der Waals surface area contributed by atoms with Crippen molar-refractivity contribution in [1.82, 2.24) is 9.55 Å². The number of aromatic nitrogens is 2. The van der Waals surface area contributed by atoms with Gasteiger partial charge in [-0.25, -0.2) is 13.8 Å². The van der Waals surface area contributed by atoms with Crippen molar-refractivity contribution in [3.63, 3.8) is 0 Å². The van der Waals surface area contributed by atoms with E-state index in [2.05, 4.69) is 4.98 Å². The van der Waals surface area contributed by atoms with Crippen LogP contribution in [0.25, 0.3) is 11.0 Å². The normalized spacial score (nSPS) is 12.6. The van der Waals surface area contributed by atoms with Crippen molar-refractivity contribution in [2.24, 2.45) is 0 Å². The molecular weight excluding hydrogens is 291 g/mol. The number of hydrogen-bond acceptors (Lipinski definition) is 1. The predicted molar refractivity (Wildman–Crippen MR) is 60.3 cm³/mol. The maximum atomic E-state index is 12.5. The summed E-state index contributed by atoms with van der Waals surface area (Å²) in [4.78, 5) is 3.86. The van der Waals surface area contributed by atoms with Gasteiger partial charge < -0.3 is 4.57 Å². The maximum Gasteiger partial charge on any atom is 0.416 e. The molecule has 0 N–H and O–H groups in total. The monoisotopic (exact) mass is 298 g/mol. The molecule has 0 saturated carbocycles. The minimum absolute atomic E-state index is 0.00567. The van der Waals surface area contributed by atoms with Gasteiger partial charge in [0.2, 0.25) is 0 Å². The molecule has 0 unspecified atom stereocenters. The second-order valence-corrected chi connectivity index (χ2v) is 4.13. The van der Waals surface area contributed by atoms with E-state index in [1.807, 2.05) is 0 Å². The highest BCUT2D eigenvalue weighted by atomic mass is 35.5. The molecule has 8 heteroatoms. The van der Waals surface area contributed by atoms with E-state index >= 15 is 0 Å². The molecule has 2 aromatic rings. The first kappa shape index (κ1) is 14.0. The summed E-state index contributed by atoms with van der Waals surface area (Å²) < 4.78 is 63.6. The van der Waals surface area contributed by atoms with Crippen LogP contribution >= 0.6 is 11.6 Å². The largest absolute Gasteiger partial charge is 0.416 e. The minimum Gasteiger partial charge on any atom is -0.321 e. The van der Waals surface area contributed by atoms with Crippen LogP contribution in [-0.2, 0) is 18.6 Å². The third kappa shape index (κ3) is 2.80. The van der Waals surface area contributed by atoms with Gasteiger partial charge in [0, 0.05) is 0 Å². The molecule has 0 fully saturated rings. The average molecular weight is 299 g/mol. The Morgan fingerprint density at radius 3 is 2.47 bits per heavy atom. The second kappa shape index (κ2) is 4.96. The lowest BCUT2D eigenvalue weighted by Gasteiger charge is -2.08. The molecule has 0 bridgehead atoms. The van der Waals surface area contributed by atoms with Gasteiger partial charge in [-0.15, -0.1) is 11.6 Å². The van der Waals surface area contributed by atoms with E-state index in [4.69, 9.17) is 11.6 Å². The average Bonchev–Trinajstić information content (AvgIpc) is 2.65. The van der Waals surface area contributed by atoms with Gasteiger partial charge in [-0.3, -0.25) is 0 Å². The zero-order chi connectivity index (χ0) is 14.2. The number of imidazole rings is 1. The topological polar surface area (TPSA) is 17.8 Å². The van der Waals surface area contributed by atoms with Crippen molar-refractivity contribution in [1.29, 1.82) is 0 Å². The Labute approximate surface area is 109 Å². The number of nitrogens with zero attached hydrogens (tertiary/aromatic N) is 2. The van der Waals surface area contributed by atoms with Crippen molar-refractivity contribution in [2.45, 2.75) is 25.0 Å². The van der Waals surface area contributed by atoms with Crippen molar-refractivity contribution in [3.05, 3.63) is 29.6 Å². The van der Waals surface area contributed by atoms with Gasteiger partial charge >= 0.3 is 6.18 Å². The van der Waals surface area contributed by atoms with Crippen LogP contribution in [0.3, 0.4) is 0 Å². The van der Waals surface area contributed by atoms with Crippen LogP contribution in [0.5, 0.6) is 0 Å². The van der Waals surface area contributed by atoms with E-state index in [-0.39, 0.29) is 22.7 Å². The zero-order valence-corrected chi connectivity index (χ0v) is 10.1. The fourth-order valence-corrected chi connectivity index (χ4v) is 2.00. The summed E-state index contributed by atoms with van der Waals surface area (Å²) in [6.45, 7) is -0.649. The molecule has 19 heavy (non-hydrogen) atoms. The Balaban J connectivity index is 2.57. The molecule has 0 aliphatic carbocycles. The first-order valence-electron chi connectivity index (χ1n) is 5.23. The molecule has 0 atom stereocenters. The molecule has 1 heterocycles. The van der Waals surface area contributed by atoms with E-state index < -0.39 is 24.7 Å². The summed E-state index contributed by atoms with van der Waals surface area (Å²) in [7, 11) is 0. The third-order valence-corrected chi connectivity index (χ3v) is 2.83. The molecular formula is C11H8ClF5N2. The molecule has 2 nitrogen and oxygen atoms in total.